The van der Waals surface area contributed by atoms with Gasteiger partial charge < -0.3 is 5.73 Å². The van der Waals surface area contributed by atoms with Gasteiger partial charge in [0.15, 0.2) is 5.13 Å². The van der Waals surface area contributed by atoms with Crippen LogP contribution < -0.4 is 5.73 Å². The lowest BCUT2D eigenvalue weighted by atomic mass is 10.1. The highest BCUT2D eigenvalue weighted by Crippen LogP contribution is 2.32. The second-order valence-electron chi connectivity index (χ2n) is 3.37. The molecule has 3 nitrogen and oxygen atoms in total. The number of hydrogen-bond donors (Lipinski definition) is 1. The Kier molecular flexibility index (Phi) is 3.80. The van der Waals surface area contributed by atoms with Gasteiger partial charge in [0, 0.05) is 0 Å². The van der Waals surface area contributed by atoms with Gasteiger partial charge in [-0.25, -0.2) is 4.98 Å². The highest BCUT2D eigenvalue weighted by atomic mass is 32.1. The lowest BCUT2D eigenvalue weighted by Gasteiger charge is -2.04. The second-order valence-corrected chi connectivity index (χ2v) is 4.40. The van der Waals surface area contributed by atoms with Crippen LogP contribution in [0, 0.1) is 0 Å². The summed E-state index contributed by atoms with van der Waals surface area (Å²) >= 11 is 1.43. The highest BCUT2D eigenvalue weighted by Gasteiger charge is 2.15. The number of thiazole rings is 1. The van der Waals surface area contributed by atoms with Crippen molar-refractivity contribution in [1.82, 2.24) is 4.98 Å². The third-order valence-electron chi connectivity index (χ3n) is 1.90. The first-order valence-electron chi connectivity index (χ1n) is 4.66. The van der Waals surface area contributed by atoms with Crippen LogP contribution in [0.3, 0.4) is 0 Å². The summed E-state index contributed by atoms with van der Waals surface area (Å²) in [5.41, 5.74) is 7.45. The number of nitrogens with two attached hydrogens (primary N) is 1. The largest absolute Gasteiger partial charge is 0.375 e. The smallest absolute Gasteiger partial charge is 0.180 e. The van der Waals surface area contributed by atoms with Crippen molar-refractivity contribution in [3.63, 3.8) is 0 Å². The molecular weight excluding hydrogens is 206 g/mol. The van der Waals surface area contributed by atoms with Crippen molar-refractivity contribution < 1.29 is 0 Å². The summed E-state index contributed by atoms with van der Waals surface area (Å²) in [6.07, 6.45) is 3.50. The van der Waals surface area contributed by atoms with Crippen LogP contribution in [-0.2, 0) is 0 Å². The Balaban J connectivity index is 3.28. The fraction of sp³-hybridized carbons (Fsp3) is 0.273. The predicted molar refractivity (Wildman–Crippen MR) is 68.3 cm³/mol. The summed E-state index contributed by atoms with van der Waals surface area (Å²) in [7, 11) is 0. The van der Waals surface area contributed by atoms with Gasteiger partial charge in [0.25, 0.3) is 0 Å². The quantitative estimate of drug-likeness (QED) is 0.627. The van der Waals surface area contributed by atoms with Crippen LogP contribution in [-0.4, -0.2) is 11.7 Å². The summed E-state index contributed by atoms with van der Waals surface area (Å²) in [6, 6.07) is 0. The van der Waals surface area contributed by atoms with E-state index in [9.17, 15) is 0 Å². The minimum Gasteiger partial charge on any atom is -0.375 e. The number of allylic oxidation sites excluding steroid dienone is 2. The van der Waals surface area contributed by atoms with Crippen LogP contribution in [0.2, 0.25) is 0 Å². The average Bonchev–Trinajstić information content (AvgIpc) is 2.56. The fourth-order valence-electron chi connectivity index (χ4n) is 1.24. The normalized spacial score (nSPS) is 11.8. The molecule has 4 heteroatoms. The molecule has 0 fully saturated rings. The maximum Gasteiger partial charge on any atom is 0.180 e. The number of anilines is 1. The van der Waals surface area contributed by atoms with Gasteiger partial charge in [-0.1, -0.05) is 37.8 Å². The van der Waals surface area contributed by atoms with Gasteiger partial charge in [0.1, 0.15) is 0 Å². The van der Waals surface area contributed by atoms with Gasteiger partial charge >= 0.3 is 0 Å². The van der Waals surface area contributed by atoms with Gasteiger partial charge in [-0.3, -0.25) is 4.99 Å². The molecule has 15 heavy (non-hydrogen) atoms. The van der Waals surface area contributed by atoms with Crippen molar-refractivity contribution >= 4 is 28.9 Å². The van der Waals surface area contributed by atoms with Crippen LogP contribution in [0.25, 0.3) is 5.70 Å². The number of nitrogen functional groups attached to an aromatic ring is 1. The summed E-state index contributed by atoms with van der Waals surface area (Å²) < 4.78 is 0. The topological polar surface area (TPSA) is 51.3 Å². The molecule has 80 valence electrons. The van der Waals surface area contributed by atoms with E-state index in [1.54, 1.807) is 6.08 Å². The zero-order valence-electron chi connectivity index (χ0n) is 9.03. The van der Waals surface area contributed by atoms with E-state index < -0.39 is 0 Å². The monoisotopic (exact) mass is 221 g/mol. The molecule has 0 saturated heterocycles. The summed E-state index contributed by atoms with van der Waals surface area (Å²) in [6.45, 7) is 11.3. The average molecular weight is 221 g/mol. The molecule has 1 heterocycles. The molecule has 0 amide bonds. The Labute approximate surface area is 94.1 Å². The molecule has 0 aliphatic heterocycles. The standard InChI is InChI=1S/C11H15N3S/c1-5-6-8(13-4)10-9(7(2)3)14-11(12)15-10/h5-7H,1,4H2,2-3H3,(H2,12,14)/b8-6-. The molecule has 0 radical (unpaired) electrons. The van der Waals surface area contributed by atoms with Crippen molar-refractivity contribution in [3.05, 3.63) is 29.3 Å². The van der Waals surface area contributed by atoms with E-state index in [4.69, 9.17) is 5.73 Å². The zero-order chi connectivity index (χ0) is 11.4. The Bertz CT molecular complexity index is 402. The molecule has 0 aliphatic carbocycles. The van der Waals surface area contributed by atoms with Crippen LogP contribution in [0.15, 0.2) is 23.7 Å². The molecule has 0 bridgehead atoms. The van der Waals surface area contributed by atoms with Crippen molar-refractivity contribution in [2.75, 3.05) is 5.73 Å². The van der Waals surface area contributed by atoms with Gasteiger partial charge in [-0.2, -0.15) is 0 Å². The highest BCUT2D eigenvalue weighted by molar-refractivity contribution is 7.16. The van der Waals surface area contributed by atoms with Crippen LogP contribution >= 0.6 is 11.3 Å². The van der Waals surface area contributed by atoms with Gasteiger partial charge in [0.2, 0.25) is 0 Å². The minimum absolute atomic E-state index is 0.323. The number of aromatic nitrogens is 1. The van der Waals surface area contributed by atoms with Crippen molar-refractivity contribution in [2.45, 2.75) is 19.8 Å². The lowest BCUT2D eigenvalue weighted by Crippen LogP contribution is -1.93. The Morgan fingerprint density at radius 1 is 1.60 bits per heavy atom. The first-order valence-corrected chi connectivity index (χ1v) is 5.47. The fourth-order valence-corrected chi connectivity index (χ4v) is 2.21. The summed E-state index contributed by atoms with van der Waals surface area (Å²) in [5, 5.41) is 0.562. The maximum atomic E-state index is 5.70. The molecule has 1 aromatic rings. The molecule has 0 atom stereocenters. The Hall–Kier alpha value is -1.42. The van der Waals surface area contributed by atoms with E-state index in [2.05, 4.69) is 37.1 Å². The van der Waals surface area contributed by atoms with E-state index in [1.165, 1.54) is 11.3 Å². The van der Waals surface area contributed by atoms with Crippen molar-refractivity contribution in [3.8, 4) is 0 Å². The number of rotatable bonds is 4. The zero-order valence-corrected chi connectivity index (χ0v) is 9.84. The van der Waals surface area contributed by atoms with Gasteiger partial charge in [-0.05, 0) is 18.7 Å². The molecule has 0 aliphatic rings. The molecule has 0 saturated carbocycles. The van der Waals surface area contributed by atoms with Crippen LogP contribution in [0.1, 0.15) is 30.3 Å². The van der Waals surface area contributed by atoms with Crippen LogP contribution in [0.5, 0.6) is 0 Å². The maximum absolute atomic E-state index is 5.70. The molecule has 2 N–H and O–H groups in total. The van der Waals surface area contributed by atoms with Gasteiger partial charge in [0.05, 0.1) is 16.3 Å². The molecule has 1 rings (SSSR count). The third kappa shape index (κ3) is 2.53. The van der Waals surface area contributed by atoms with Crippen molar-refractivity contribution in [2.24, 2.45) is 4.99 Å². The van der Waals surface area contributed by atoms with E-state index in [0.717, 1.165) is 16.3 Å². The number of nitrogens with zero attached hydrogens (tertiary/aromatic N) is 2. The first-order chi connectivity index (χ1) is 7.10. The molecule has 0 aromatic carbocycles. The number of hydrogen-bond acceptors (Lipinski definition) is 4. The predicted octanol–water partition coefficient (Wildman–Crippen LogP) is 3.08. The van der Waals surface area contributed by atoms with E-state index in [0.29, 0.717) is 11.0 Å². The molecule has 0 spiro atoms. The first kappa shape index (κ1) is 11.7. The van der Waals surface area contributed by atoms with E-state index in [-0.39, 0.29) is 0 Å². The number of aliphatic imine (C=N–C) groups is 1. The van der Waals surface area contributed by atoms with Gasteiger partial charge in [-0.15, -0.1) is 0 Å². The molecule has 1 aromatic heterocycles. The van der Waals surface area contributed by atoms with Crippen LogP contribution in [0.4, 0.5) is 5.13 Å². The van der Waals surface area contributed by atoms with E-state index in [1.807, 2.05) is 6.08 Å². The minimum atomic E-state index is 0.323. The van der Waals surface area contributed by atoms with Crippen molar-refractivity contribution in [1.29, 1.82) is 0 Å². The Morgan fingerprint density at radius 2 is 2.27 bits per heavy atom. The Morgan fingerprint density at radius 3 is 2.73 bits per heavy atom. The lowest BCUT2D eigenvalue weighted by molar-refractivity contribution is 0.831. The third-order valence-corrected chi connectivity index (χ3v) is 2.82. The second kappa shape index (κ2) is 4.89. The SMILES string of the molecule is C=C/C=C(\N=C)c1sc(N)nc1C(C)C. The summed E-state index contributed by atoms with van der Waals surface area (Å²) in [5.74, 6) is 0.323. The molecule has 0 unspecified atom stereocenters. The van der Waals surface area contributed by atoms with E-state index >= 15 is 0 Å². The summed E-state index contributed by atoms with van der Waals surface area (Å²) in [4.78, 5) is 9.24. The molecular formula is C11H15N3S.